The van der Waals surface area contributed by atoms with E-state index in [0.717, 1.165) is 30.6 Å². The van der Waals surface area contributed by atoms with E-state index < -0.39 is 6.10 Å². The lowest BCUT2D eigenvalue weighted by Crippen LogP contribution is -2.49. The van der Waals surface area contributed by atoms with Crippen molar-refractivity contribution in [1.82, 2.24) is 5.32 Å². The molecule has 2 atom stereocenters. The molecule has 2 aliphatic rings. The highest BCUT2D eigenvalue weighted by Gasteiger charge is 2.45. The smallest absolute Gasteiger partial charge is 0.124 e. The number of nitrogens with one attached hydrogen (secondary N) is 1. The molecule has 0 saturated heterocycles. The van der Waals surface area contributed by atoms with Crippen LogP contribution in [0.15, 0.2) is 41.1 Å². The van der Waals surface area contributed by atoms with Crippen LogP contribution in [0.3, 0.4) is 0 Å². The van der Waals surface area contributed by atoms with E-state index in [4.69, 9.17) is 4.74 Å². The van der Waals surface area contributed by atoms with E-state index >= 15 is 0 Å². The molecular weight excluding hydrogens is 294 g/mol. The van der Waals surface area contributed by atoms with Gasteiger partial charge in [0.15, 0.2) is 0 Å². The minimum Gasteiger partial charge on any atom is -0.487 e. The van der Waals surface area contributed by atoms with Gasteiger partial charge in [0.2, 0.25) is 0 Å². The Hall–Kier alpha value is -1.36. The Labute approximate surface area is 134 Å². The number of benzene rings is 1. The van der Waals surface area contributed by atoms with Gasteiger partial charge < -0.3 is 15.2 Å². The average molecular weight is 315 g/mol. The third-order valence-electron chi connectivity index (χ3n) is 4.95. The SMILES string of the molecule is OC(CNC1CC2(CCC2)Oc2ccccc21)c1ccsc1. The Bertz CT molecular complexity index is 636. The van der Waals surface area contributed by atoms with Crippen LogP contribution in [-0.2, 0) is 0 Å². The van der Waals surface area contributed by atoms with Crippen molar-refractivity contribution in [2.45, 2.75) is 43.4 Å². The van der Waals surface area contributed by atoms with Gasteiger partial charge in [-0.1, -0.05) is 18.2 Å². The van der Waals surface area contributed by atoms with Crippen molar-refractivity contribution in [3.63, 3.8) is 0 Å². The van der Waals surface area contributed by atoms with Crippen LogP contribution in [0.5, 0.6) is 5.75 Å². The fourth-order valence-corrected chi connectivity index (χ4v) is 4.22. The first-order chi connectivity index (χ1) is 10.8. The first-order valence-corrected chi connectivity index (χ1v) is 8.92. The first kappa shape index (κ1) is 14.2. The summed E-state index contributed by atoms with van der Waals surface area (Å²) in [6, 6.07) is 10.5. The second-order valence-electron chi connectivity index (χ2n) is 6.41. The molecule has 22 heavy (non-hydrogen) atoms. The summed E-state index contributed by atoms with van der Waals surface area (Å²) in [5.41, 5.74) is 2.24. The fraction of sp³-hybridized carbons (Fsp3) is 0.444. The number of hydrogen-bond acceptors (Lipinski definition) is 4. The molecule has 1 spiro atoms. The van der Waals surface area contributed by atoms with E-state index in [0.29, 0.717) is 6.54 Å². The third-order valence-corrected chi connectivity index (χ3v) is 5.65. The normalized spacial score (nSPS) is 23.4. The highest BCUT2D eigenvalue weighted by molar-refractivity contribution is 7.07. The average Bonchev–Trinajstić information content (AvgIpc) is 3.05. The van der Waals surface area contributed by atoms with Crippen molar-refractivity contribution >= 4 is 11.3 Å². The van der Waals surface area contributed by atoms with Gasteiger partial charge in [-0.25, -0.2) is 0 Å². The summed E-state index contributed by atoms with van der Waals surface area (Å²) in [6.07, 6.45) is 4.10. The molecule has 3 nitrogen and oxygen atoms in total. The lowest BCUT2D eigenvalue weighted by atomic mass is 9.73. The number of ether oxygens (including phenoxy) is 1. The standard InChI is InChI=1S/C18H21NO2S/c20-16(13-6-9-22-12-13)11-19-15-10-18(7-3-8-18)21-17-5-2-1-4-14(15)17/h1-2,4-6,9,12,15-16,19-20H,3,7-8,10-11H2. The minimum atomic E-state index is -0.446. The van der Waals surface area contributed by atoms with Crippen molar-refractivity contribution in [3.05, 3.63) is 52.2 Å². The molecule has 1 aliphatic heterocycles. The molecule has 2 N–H and O–H groups in total. The number of aliphatic hydroxyl groups is 1. The van der Waals surface area contributed by atoms with Crippen molar-refractivity contribution in [1.29, 1.82) is 0 Å². The van der Waals surface area contributed by atoms with Gasteiger partial charge in [-0.3, -0.25) is 0 Å². The Kier molecular flexibility index (Phi) is 3.68. The maximum Gasteiger partial charge on any atom is 0.124 e. The van der Waals surface area contributed by atoms with E-state index in [1.807, 2.05) is 22.9 Å². The number of fused-ring (bicyclic) bond motifs is 1. The maximum absolute atomic E-state index is 10.3. The molecule has 2 unspecified atom stereocenters. The highest BCUT2D eigenvalue weighted by atomic mass is 32.1. The van der Waals surface area contributed by atoms with Crippen molar-refractivity contribution < 1.29 is 9.84 Å². The van der Waals surface area contributed by atoms with Gasteiger partial charge in [0.25, 0.3) is 0 Å². The topological polar surface area (TPSA) is 41.5 Å². The Morgan fingerprint density at radius 3 is 2.91 bits per heavy atom. The predicted octanol–water partition coefficient (Wildman–Crippen LogP) is 3.82. The second-order valence-corrected chi connectivity index (χ2v) is 7.19. The summed E-state index contributed by atoms with van der Waals surface area (Å²) in [5, 5.41) is 17.9. The number of hydrogen-bond donors (Lipinski definition) is 2. The van der Waals surface area contributed by atoms with Gasteiger partial charge in [0.1, 0.15) is 11.4 Å². The van der Waals surface area contributed by atoms with Gasteiger partial charge in [0, 0.05) is 24.6 Å². The largest absolute Gasteiger partial charge is 0.487 e. The van der Waals surface area contributed by atoms with Crippen molar-refractivity contribution in [2.24, 2.45) is 0 Å². The number of aliphatic hydroxyl groups excluding tert-OH is 1. The van der Waals surface area contributed by atoms with Crippen LogP contribution in [0.25, 0.3) is 0 Å². The van der Waals surface area contributed by atoms with Crippen LogP contribution in [-0.4, -0.2) is 17.3 Å². The fourth-order valence-electron chi connectivity index (χ4n) is 3.51. The van der Waals surface area contributed by atoms with Crippen LogP contribution < -0.4 is 10.1 Å². The zero-order chi connectivity index (χ0) is 15.0. The van der Waals surface area contributed by atoms with E-state index in [2.05, 4.69) is 23.5 Å². The molecule has 2 aromatic rings. The molecule has 1 aromatic heterocycles. The molecule has 4 heteroatoms. The molecular formula is C18H21NO2S. The third kappa shape index (κ3) is 2.56. The van der Waals surface area contributed by atoms with Crippen LogP contribution in [0.4, 0.5) is 0 Å². The Morgan fingerprint density at radius 1 is 1.32 bits per heavy atom. The quantitative estimate of drug-likeness (QED) is 0.901. The maximum atomic E-state index is 10.3. The van der Waals surface area contributed by atoms with Gasteiger partial charge in [-0.05, 0) is 47.7 Å². The predicted molar refractivity (Wildman–Crippen MR) is 88.3 cm³/mol. The Morgan fingerprint density at radius 2 is 2.18 bits per heavy atom. The molecule has 1 aromatic carbocycles. The molecule has 4 rings (SSSR count). The minimum absolute atomic E-state index is 0.0271. The second kappa shape index (κ2) is 5.69. The van der Waals surface area contributed by atoms with Gasteiger partial charge in [-0.2, -0.15) is 11.3 Å². The van der Waals surface area contributed by atoms with E-state index in [-0.39, 0.29) is 11.6 Å². The summed E-state index contributed by atoms with van der Waals surface area (Å²) in [7, 11) is 0. The number of para-hydroxylation sites is 1. The van der Waals surface area contributed by atoms with Gasteiger partial charge in [0.05, 0.1) is 6.10 Å². The van der Waals surface area contributed by atoms with E-state index in [1.165, 1.54) is 12.0 Å². The van der Waals surface area contributed by atoms with Crippen LogP contribution >= 0.6 is 11.3 Å². The number of thiophene rings is 1. The van der Waals surface area contributed by atoms with E-state index in [9.17, 15) is 5.11 Å². The summed E-state index contributed by atoms with van der Waals surface area (Å²) < 4.78 is 6.26. The molecule has 116 valence electrons. The lowest BCUT2D eigenvalue weighted by Gasteiger charge is -2.48. The van der Waals surface area contributed by atoms with Gasteiger partial charge in [-0.15, -0.1) is 0 Å². The summed E-state index contributed by atoms with van der Waals surface area (Å²) >= 11 is 1.62. The molecule has 0 bridgehead atoms. The Balaban J connectivity index is 1.50. The molecule has 1 aliphatic carbocycles. The molecule has 1 saturated carbocycles. The summed E-state index contributed by atoms with van der Waals surface area (Å²) in [4.78, 5) is 0. The van der Waals surface area contributed by atoms with E-state index in [1.54, 1.807) is 11.3 Å². The highest BCUT2D eigenvalue weighted by Crippen LogP contribution is 2.48. The van der Waals surface area contributed by atoms with Crippen molar-refractivity contribution in [2.75, 3.05) is 6.54 Å². The number of rotatable bonds is 4. The molecule has 2 heterocycles. The zero-order valence-corrected chi connectivity index (χ0v) is 13.3. The monoisotopic (exact) mass is 315 g/mol. The van der Waals surface area contributed by atoms with Crippen LogP contribution in [0.1, 0.15) is 49.0 Å². The van der Waals surface area contributed by atoms with Crippen molar-refractivity contribution in [3.8, 4) is 5.75 Å². The first-order valence-electron chi connectivity index (χ1n) is 7.97. The van der Waals surface area contributed by atoms with Gasteiger partial charge >= 0.3 is 0 Å². The van der Waals surface area contributed by atoms with Crippen LogP contribution in [0, 0.1) is 0 Å². The zero-order valence-electron chi connectivity index (χ0n) is 12.5. The summed E-state index contributed by atoms with van der Waals surface area (Å²) in [6.45, 7) is 0.575. The molecule has 1 fully saturated rings. The molecule has 0 radical (unpaired) electrons. The van der Waals surface area contributed by atoms with Crippen LogP contribution in [0.2, 0.25) is 0 Å². The summed E-state index contributed by atoms with van der Waals surface area (Å²) in [5.74, 6) is 1.01. The lowest BCUT2D eigenvalue weighted by molar-refractivity contribution is -0.0379. The molecule has 0 amide bonds.